The first-order valence-corrected chi connectivity index (χ1v) is 5.35. The fourth-order valence-corrected chi connectivity index (χ4v) is 2.28. The molecule has 1 saturated heterocycles. The lowest BCUT2D eigenvalue weighted by molar-refractivity contribution is -0.143. The molecule has 1 aliphatic carbocycles. The second kappa shape index (κ2) is 3.77. The number of nitrogens with two attached hydrogens (primary N) is 1. The highest BCUT2D eigenvalue weighted by Gasteiger charge is 2.51. The van der Waals surface area contributed by atoms with Gasteiger partial charge in [-0.1, -0.05) is 0 Å². The molecule has 6 nitrogen and oxygen atoms in total. The van der Waals surface area contributed by atoms with Gasteiger partial charge >= 0.3 is 5.97 Å². The van der Waals surface area contributed by atoms with Crippen LogP contribution in [0.2, 0.25) is 0 Å². The summed E-state index contributed by atoms with van der Waals surface area (Å²) in [6.07, 6.45) is 1.73. The van der Waals surface area contributed by atoms with Crippen LogP contribution in [0.1, 0.15) is 19.3 Å². The van der Waals surface area contributed by atoms with Gasteiger partial charge in [0.2, 0.25) is 11.8 Å². The summed E-state index contributed by atoms with van der Waals surface area (Å²) in [5.74, 6) is -2.68. The number of carbonyl (C=O) groups excluding carboxylic acids is 2. The highest BCUT2D eigenvalue weighted by molar-refractivity contribution is 5.93. The highest BCUT2D eigenvalue weighted by atomic mass is 16.4. The predicted octanol–water partition coefficient (Wildman–Crippen LogP) is -0.817. The van der Waals surface area contributed by atoms with Crippen molar-refractivity contribution >= 4 is 17.8 Å². The van der Waals surface area contributed by atoms with Gasteiger partial charge in [0.05, 0.1) is 11.8 Å². The zero-order chi connectivity index (χ0) is 11.9. The van der Waals surface area contributed by atoms with Gasteiger partial charge in [0.15, 0.2) is 0 Å². The van der Waals surface area contributed by atoms with E-state index in [0.29, 0.717) is 19.4 Å². The zero-order valence-corrected chi connectivity index (χ0v) is 8.76. The maximum Gasteiger partial charge on any atom is 0.307 e. The van der Waals surface area contributed by atoms with E-state index in [4.69, 9.17) is 10.8 Å². The number of aliphatic carboxylic acids is 1. The summed E-state index contributed by atoms with van der Waals surface area (Å²) in [6, 6.07) is -0.539. The van der Waals surface area contributed by atoms with E-state index in [1.807, 2.05) is 0 Å². The number of carboxylic acid groups (broad SMARTS) is 1. The van der Waals surface area contributed by atoms with Gasteiger partial charge in [-0.15, -0.1) is 0 Å². The van der Waals surface area contributed by atoms with E-state index in [1.165, 1.54) is 4.90 Å². The molecule has 88 valence electrons. The van der Waals surface area contributed by atoms with E-state index < -0.39 is 29.8 Å². The molecule has 1 saturated carbocycles. The average Bonchev–Trinajstić information content (AvgIpc) is 2.86. The minimum absolute atomic E-state index is 0.228. The number of nitrogens with zero attached hydrogens (tertiary/aromatic N) is 1. The van der Waals surface area contributed by atoms with Crippen molar-refractivity contribution in [2.45, 2.75) is 25.3 Å². The molecule has 2 rings (SSSR count). The summed E-state index contributed by atoms with van der Waals surface area (Å²) in [4.78, 5) is 35.1. The third-order valence-corrected chi connectivity index (χ3v) is 3.29. The summed E-state index contributed by atoms with van der Waals surface area (Å²) in [7, 11) is 0. The predicted molar refractivity (Wildman–Crippen MR) is 53.2 cm³/mol. The minimum Gasteiger partial charge on any atom is -0.481 e. The molecule has 0 aromatic heterocycles. The van der Waals surface area contributed by atoms with Crippen LogP contribution < -0.4 is 5.73 Å². The molecule has 16 heavy (non-hydrogen) atoms. The van der Waals surface area contributed by atoms with Crippen molar-refractivity contribution in [2.24, 2.45) is 17.6 Å². The molecule has 0 aromatic rings. The number of primary amides is 1. The second-order valence-corrected chi connectivity index (χ2v) is 4.38. The van der Waals surface area contributed by atoms with Crippen LogP contribution in [-0.4, -0.2) is 40.4 Å². The van der Waals surface area contributed by atoms with Crippen LogP contribution in [0, 0.1) is 11.8 Å². The van der Waals surface area contributed by atoms with Crippen molar-refractivity contribution in [1.82, 2.24) is 4.90 Å². The lowest BCUT2D eigenvalue weighted by atomic mass is 10.2. The number of rotatable bonds is 3. The van der Waals surface area contributed by atoms with Crippen LogP contribution in [0.4, 0.5) is 0 Å². The number of amides is 2. The molecule has 2 fully saturated rings. The van der Waals surface area contributed by atoms with Crippen molar-refractivity contribution in [2.75, 3.05) is 6.54 Å². The number of likely N-dealkylation sites (tertiary alicyclic amines) is 1. The van der Waals surface area contributed by atoms with Crippen molar-refractivity contribution in [3.8, 4) is 0 Å². The minimum atomic E-state index is -0.937. The molecule has 1 heterocycles. The zero-order valence-electron chi connectivity index (χ0n) is 8.76. The van der Waals surface area contributed by atoms with E-state index in [2.05, 4.69) is 0 Å². The van der Waals surface area contributed by atoms with E-state index in [1.54, 1.807) is 0 Å². The van der Waals surface area contributed by atoms with Crippen molar-refractivity contribution < 1.29 is 19.5 Å². The van der Waals surface area contributed by atoms with E-state index >= 15 is 0 Å². The number of carboxylic acids is 1. The number of carbonyl (C=O) groups is 3. The van der Waals surface area contributed by atoms with Crippen LogP contribution >= 0.6 is 0 Å². The average molecular weight is 226 g/mol. The Kier molecular flexibility index (Phi) is 2.57. The molecule has 0 aromatic carbocycles. The molecule has 6 heteroatoms. The summed E-state index contributed by atoms with van der Waals surface area (Å²) in [6.45, 7) is 0.509. The van der Waals surface area contributed by atoms with Crippen LogP contribution in [0.3, 0.4) is 0 Å². The smallest absolute Gasteiger partial charge is 0.307 e. The molecule has 3 N–H and O–H groups in total. The summed E-state index contributed by atoms with van der Waals surface area (Å²) in [5, 5.41) is 8.73. The van der Waals surface area contributed by atoms with Gasteiger partial charge in [0, 0.05) is 6.54 Å². The third kappa shape index (κ3) is 1.75. The van der Waals surface area contributed by atoms with Crippen molar-refractivity contribution in [3.63, 3.8) is 0 Å². The van der Waals surface area contributed by atoms with Crippen LogP contribution in [-0.2, 0) is 14.4 Å². The Morgan fingerprint density at radius 3 is 2.44 bits per heavy atom. The topological polar surface area (TPSA) is 101 Å². The molecule has 0 bridgehead atoms. The molecule has 2 aliphatic rings. The molecule has 0 radical (unpaired) electrons. The van der Waals surface area contributed by atoms with Crippen molar-refractivity contribution in [3.05, 3.63) is 0 Å². The quantitative estimate of drug-likeness (QED) is 0.656. The standard InChI is InChI=1S/C10H14N2O4/c11-8(13)7-2-1-3-12(7)9(14)5-4-6(5)10(15)16/h5-7H,1-4H2,(H2,11,13)(H,15,16)/t5-,6+,7?/m1/s1. The number of hydrogen-bond acceptors (Lipinski definition) is 3. The Hall–Kier alpha value is -1.59. The lowest BCUT2D eigenvalue weighted by Gasteiger charge is -2.22. The maximum atomic E-state index is 11.9. The second-order valence-electron chi connectivity index (χ2n) is 4.38. The Bertz CT molecular complexity index is 355. The Morgan fingerprint density at radius 1 is 1.25 bits per heavy atom. The first-order chi connectivity index (χ1) is 7.52. The first-order valence-electron chi connectivity index (χ1n) is 5.35. The molecule has 1 aliphatic heterocycles. The molecular weight excluding hydrogens is 212 g/mol. The number of hydrogen-bond donors (Lipinski definition) is 2. The van der Waals surface area contributed by atoms with Crippen LogP contribution in [0.25, 0.3) is 0 Å². The maximum absolute atomic E-state index is 11.9. The molecule has 1 unspecified atom stereocenters. The molecule has 3 atom stereocenters. The fraction of sp³-hybridized carbons (Fsp3) is 0.700. The Balaban J connectivity index is 2.00. The summed E-state index contributed by atoms with van der Waals surface area (Å²) in [5.41, 5.74) is 5.19. The molecule has 0 spiro atoms. The monoisotopic (exact) mass is 226 g/mol. The highest BCUT2D eigenvalue weighted by Crippen LogP contribution is 2.41. The van der Waals surface area contributed by atoms with Crippen LogP contribution in [0.15, 0.2) is 0 Å². The Morgan fingerprint density at radius 2 is 1.94 bits per heavy atom. The normalized spacial score (nSPS) is 32.5. The summed E-state index contributed by atoms with van der Waals surface area (Å²) < 4.78 is 0. The van der Waals surface area contributed by atoms with Gasteiger partial charge < -0.3 is 15.7 Å². The van der Waals surface area contributed by atoms with Crippen molar-refractivity contribution in [1.29, 1.82) is 0 Å². The van der Waals surface area contributed by atoms with Gasteiger partial charge in [0.25, 0.3) is 0 Å². The van der Waals surface area contributed by atoms with E-state index in [0.717, 1.165) is 6.42 Å². The van der Waals surface area contributed by atoms with Gasteiger partial charge in [-0.25, -0.2) is 0 Å². The SMILES string of the molecule is NC(=O)C1CCCN1C(=O)[C@@H]1C[C@@H]1C(=O)O. The first kappa shape index (κ1) is 10.9. The van der Waals surface area contributed by atoms with Gasteiger partial charge in [-0.05, 0) is 19.3 Å². The fourth-order valence-electron chi connectivity index (χ4n) is 2.28. The van der Waals surface area contributed by atoms with Gasteiger partial charge in [-0.2, -0.15) is 0 Å². The molecular formula is C10H14N2O4. The summed E-state index contributed by atoms with van der Waals surface area (Å²) >= 11 is 0. The third-order valence-electron chi connectivity index (χ3n) is 3.29. The largest absolute Gasteiger partial charge is 0.481 e. The molecule has 2 amide bonds. The van der Waals surface area contributed by atoms with Gasteiger partial charge in [-0.3, -0.25) is 14.4 Å². The van der Waals surface area contributed by atoms with Gasteiger partial charge in [0.1, 0.15) is 6.04 Å². The van der Waals surface area contributed by atoms with Crippen LogP contribution in [0.5, 0.6) is 0 Å². The van der Waals surface area contributed by atoms with E-state index in [9.17, 15) is 14.4 Å². The lowest BCUT2D eigenvalue weighted by Crippen LogP contribution is -2.44. The van der Waals surface area contributed by atoms with E-state index in [-0.39, 0.29) is 5.91 Å². The Labute approximate surface area is 92.4 Å².